The highest BCUT2D eigenvalue weighted by molar-refractivity contribution is 7.89. The number of nitrogens with zero attached hydrogens (tertiary/aromatic N) is 1. The third-order valence-corrected chi connectivity index (χ3v) is 6.40. The topological polar surface area (TPSA) is 67.9 Å². The van der Waals surface area contributed by atoms with E-state index in [1.165, 1.54) is 45.1 Å². The van der Waals surface area contributed by atoms with Gasteiger partial charge < -0.3 is 9.47 Å². The van der Waals surface area contributed by atoms with E-state index in [-0.39, 0.29) is 17.2 Å². The van der Waals surface area contributed by atoms with Crippen LogP contribution in [0.15, 0.2) is 47.4 Å². The molecule has 2 aromatic carbocycles. The van der Waals surface area contributed by atoms with Crippen LogP contribution in [0.25, 0.3) is 0 Å². The first kappa shape index (κ1) is 20.6. The van der Waals surface area contributed by atoms with E-state index in [1.54, 1.807) is 12.1 Å². The van der Waals surface area contributed by atoms with E-state index in [2.05, 4.69) is 21.8 Å². The second-order valence-electron chi connectivity index (χ2n) is 7.00. The Bertz CT molecular complexity index is 893. The number of likely N-dealkylation sites (tertiary alicyclic amines) is 1. The van der Waals surface area contributed by atoms with Crippen LogP contribution in [-0.4, -0.2) is 40.6 Å². The van der Waals surface area contributed by atoms with E-state index in [1.807, 2.05) is 12.1 Å². The van der Waals surface area contributed by atoms with Crippen molar-refractivity contribution in [3.8, 4) is 11.5 Å². The van der Waals surface area contributed by atoms with Crippen LogP contribution in [0.5, 0.6) is 11.5 Å². The molecule has 0 bridgehead atoms. The summed E-state index contributed by atoms with van der Waals surface area (Å²) in [4.78, 5) is 2.52. The summed E-state index contributed by atoms with van der Waals surface area (Å²) >= 11 is 0. The molecule has 2 aromatic rings. The van der Waals surface area contributed by atoms with E-state index < -0.39 is 10.0 Å². The van der Waals surface area contributed by atoms with E-state index in [4.69, 9.17) is 9.47 Å². The van der Waals surface area contributed by atoms with Crippen molar-refractivity contribution in [3.63, 3.8) is 0 Å². The minimum absolute atomic E-state index is 0.0684. The number of hydrogen-bond donors (Lipinski definition) is 1. The Morgan fingerprint density at radius 1 is 0.964 bits per heavy atom. The van der Waals surface area contributed by atoms with Crippen molar-refractivity contribution in [1.82, 2.24) is 9.62 Å². The summed E-state index contributed by atoms with van der Waals surface area (Å²) in [6.07, 6.45) is 3.82. The highest BCUT2D eigenvalue weighted by atomic mass is 32.2. The van der Waals surface area contributed by atoms with E-state index in [0.29, 0.717) is 5.75 Å². The molecule has 28 heavy (non-hydrogen) atoms. The predicted octanol–water partition coefficient (Wildman–Crippen LogP) is 3.17. The Labute approximate surface area is 167 Å². The van der Waals surface area contributed by atoms with Crippen molar-refractivity contribution in [2.45, 2.75) is 37.2 Å². The number of nitrogens with one attached hydrogen (secondary N) is 1. The summed E-state index contributed by atoms with van der Waals surface area (Å²) in [7, 11) is -0.791. The van der Waals surface area contributed by atoms with E-state index >= 15 is 0 Å². The molecule has 0 atom stereocenters. The molecule has 1 aliphatic rings. The molecule has 6 nitrogen and oxygen atoms in total. The zero-order valence-electron chi connectivity index (χ0n) is 16.5. The lowest BCUT2D eigenvalue weighted by Gasteiger charge is -2.26. The molecule has 0 saturated carbocycles. The van der Waals surface area contributed by atoms with Gasteiger partial charge in [-0.2, -0.15) is 0 Å². The summed E-state index contributed by atoms with van der Waals surface area (Å²) in [5.74, 6) is 0.747. The molecule has 0 aromatic heterocycles. The molecule has 152 valence electrons. The summed E-state index contributed by atoms with van der Waals surface area (Å²) in [5.41, 5.74) is 2.14. The first-order valence-electron chi connectivity index (χ1n) is 9.54. The smallest absolute Gasteiger partial charge is 0.244 e. The SMILES string of the molecule is COc1ccc(OC)c(S(=O)(=O)NCc2cccc(CN3CCCCC3)c2)c1. The van der Waals surface area contributed by atoms with Gasteiger partial charge in [-0.1, -0.05) is 30.7 Å². The van der Waals surface area contributed by atoms with Crippen LogP contribution in [0.1, 0.15) is 30.4 Å². The molecule has 7 heteroatoms. The van der Waals surface area contributed by atoms with Crippen molar-refractivity contribution in [3.05, 3.63) is 53.6 Å². The van der Waals surface area contributed by atoms with Gasteiger partial charge in [-0.05, 0) is 49.2 Å². The lowest BCUT2D eigenvalue weighted by molar-refractivity contribution is 0.221. The second-order valence-corrected chi connectivity index (χ2v) is 8.73. The van der Waals surface area contributed by atoms with Gasteiger partial charge in [0.1, 0.15) is 16.4 Å². The number of sulfonamides is 1. The fourth-order valence-corrected chi connectivity index (χ4v) is 4.66. The molecule has 1 aliphatic heterocycles. The molecular formula is C21H28N2O4S. The van der Waals surface area contributed by atoms with Crippen molar-refractivity contribution in [1.29, 1.82) is 0 Å². The first-order valence-corrected chi connectivity index (χ1v) is 11.0. The fraction of sp³-hybridized carbons (Fsp3) is 0.429. The predicted molar refractivity (Wildman–Crippen MR) is 109 cm³/mol. The average Bonchev–Trinajstić information content (AvgIpc) is 2.73. The number of hydrogen-bond acceptors (Lipinski definition) is 5. The molecule has 0 aliphatic carbocycles. The minimum atomic E-state index is -3.74. The highest BCUT2D eigenvalue weighted by Crippen LogP contribution is 2.28. The number of methoxy groups -OCH3 is 2. The Hall–Kier alpha value is -2.09. The normalized spacial score (nSPS) is 15.4. The van der Waals surface area contributed by atoms with Gasteiger partial charge >= 0.3 is 0 Å². The summed E-state index contributed by atoms with van der Waals surface area (Å²) in [5, 5.41) is 0. The van der Waals surface area contributed by atoms with E-state index in [9.17, 15) is 8.42 Å². The Kier molecular flexibility index (Phi) is 6.93. The zero-order valence-corrected chi connectivity index (χ0v) is 17.3. The third-order valence-electron chi connectivity index (χ3n) is 4.97. The zero-order chi connectivity index (χ0) is 20.0. The first-order chi connectivity index (χ1) is 13.5. The lowest BCUT2D eigenvalue weighted by atomic mass is 10.1. The Balaban J connectivity index is 1.70. The maximum atomic E-state index is 12.8. The van der Waals surface area contributed by atoms with Crippen molar-refractivity contribution in [2.75, 3.05) is 27.3 Å². The van der Waals surface area contributed by atoms with Gasteiger partial charge in [-0.3, -0.25) is 4.90 Å². The number of benzene rings is 2. The van der Waals surface area contributed by atoms with E-state index in [0.717, 1.165) is 25.2 Å². The van der Waals surface area contributed by atoms with Gasteiger partial charge in [0, 0.05) is 19.2 Å². The second kappa shape index (κ2) is 9.41. The molecule has 0 radical (unpaired) electrons. The standard InChI is InChI=1S/C21H28N2O4S/c1-26-19-9-10-20(27-2)21(14-19)28(24,25)22-15-17-7-6-8-18(13-17)16-23-11-4-3-5-12-23/h6-10,13-14,22H,3-5,11-12,15-16H2,1-2H3. The Morgan fingerprint density at radius 3 is 2.43 bits per heavy atom. The van der Waals surface area contributed by atoms with Crippen LogP contribution in [0, 0.1) is 0 Å². The monoisotopic (exact) mass is 404 g/mol. The Morgan fingerprint density at radius 2 is 1.71 bits per heavy atom. The summed E-state index contributed by atoms with van der Waals surface area (Å²) < 4.78 is 38.6. The van der Waals surface area contributed by atoms with Crippen LogP contribution in [0.3, 0.4) is 0 Å². The maximum Gasteiger partial charge on any atom is 0.244 e. The average molecular weight is 405 g/mol. The summed E-state index contributed by atoms with van der Waals surface area (Å²) in [6.45, 7) is 3.39. The van der Waals surface area contributed by atoms with Crippen LogP contribution in [0.4, 0.5) is 0 Å². The number of rotatable bonds is 8. The maximum absolute atomic E-state index is 12.8. The lowest BCUT2D eigenvalue weighted by Crippen LogP contribution is -2.29. The third kappa shape index (κ3) is 5.25. The van der Waals surface area contributed by atoms with Crippen molar-refractivity contribution >= 4 is 10.0 Å². The highest BCUT2D eigenvalue weighted by Gasteiger charge is 2.20. The molecule has 0 unspecified atom stereocenters. The van der Waals surface area contributed by atoms with Gasteiger partial charge in [0.05, 0.1) is 14.2 Å². The molecule has 0 spiro atoms. The molecule has 1 fully saturated rings. The molecule has 1 saturated heterocycles. The molecular weight excluding hydrogens is 376 g/mol. The van der Waals surface area contributed by atoms with Gasteiger partial charge in [0.2, 0.25) is 10.0 Å². The van der Waals surface area contributed by atoms with Gasteiger partial charge in [0.25, 0.3) is 0 Å². The van der Waals surface area contributed by atoms with Crippen LogP contribution < -0.4 is 14.2 Å². The van der Waals surface area contributed by atoms with Crippen molar-refractivity contribution < 1.29 is 17.9 Å². The number of piperidine rings is 1. The van der Waals surface area contributed by atoms with Crippen LogP contribution in [0.2, 0.25) is 0 Å². The quantitative estimate of drug-likeness (QED) is 0.732. The van der Waals surface area contributed by atoms with Gasteiger partial charge in [0.15, 0.2) is 0 Å². The van der Waals surface area contributed by atoms with Gasteiger partial charge in [-0.15, -0.1) is 0 Å². The molecule has 0 amide bonds. The van der Waals surface area contributed by atoms with Crippen molar-refractivity contribution in [2.24, 2.45) is 0 Å². The van der Waals surface area contributed by atoms with Gasteiger partial charge in [-0.25, -0.2) is 13.1 Å². The number of ether oxygens (including phenoxy) is 2. The minimum Gasteiger partial charge on any atom is -0.497 e. The summed E-state index contributed by atoms with van der Waals surface area (Å²) in [6, 6.07) is 12.8. The van der Waals surface area contributed by atoms with Crippen LogP contribution >= 0.6 is 0 Å². The fourth-order valence-electron chi connectivity index (χ4n) is 3.46. The van der Waals surface area contributed by atoms with Crippen LogP contribution in [-0.2, 0) is 23.1 Å². The molecule has 1 N–H and O–H groups in total. The molecule has 1 heterocycles. The molecule has 3 rings (SSSR count). The largest absolute Gasteiger partial charge is 0.497 e.